The fourth-order valence-corrected chi connectivity index (χ4v) is 6.90. The SMILES string of the molecule is CC(C)C1CCC(C(=O)N2CCN(c3ccc(CCO)c(S(C)(=O)=O)c3)C[C@@H]2c2ccccc2)CC1. The minimum atomic E-state index is -3.43. The maximum absolute atomic E-state index is 13.8. The molecule has 0 unspecified atom stereocenters. The van der Waals surface area contributed by atoms with E-state index in [0.29, 0.717) is 43.5 Å². The molecule has 0 spiro atoms. The first-order chi connectivity index (χ1) is 17.2. The van der Waals surface area contributed by atoms with E-state index in [1.807, 2.05) is 30.3 Å². The highest BCUT2D eigenvalue weighted by Gasteiger charge is 2.37. The molecule has 1 amide bonds. The van der Waals surface area contributed by atoms with Crippen molar-refractivity contribution < 1.29 is 18.3 Å². The Labute approximate surface area is 216 Å². The number of carbonyl (C=O) groups is 1. The standard InChI is InChI=1S/C29H40N2O4S/c1-21(2)22-9-11-25(12-10-22)29(33)31-17-16-30(20-27(31)23-7-5-4-6-8-23)26-14-13-24(15-18-32)28(19-26)36(3,34)35/h4-8,13-14,19,21-22,25,27,32H,9-12,15-18,20H2,1-3H3/t22?,25?,27-/m1/s1. The number of carbonyl (C=O) groups excluding carboxylic acids is 1. The number of benzene rings is 2. The van der Waals surface area contributed by atoms with Gasteiger partial charge in [0.25, 0.3) is 0 Å². The molecule has 1 saturated carbocycles. The minimum absolute atomic E-state index is 0.0888. The van der Waals surface area contributed by atoms with E-state index in [2.05, 4.69) is 35.8 Å². The van der Waals surface area contributed by atoms with Gasteiger partial charge in [-0.05, 0) is 67.2 Å². The number of rotatable bonds is 7. The predicted molar refractivity (Wildman–Crippen MR) is 144 cm³/mol. The molecule has 1 N–H and O–H groups in total. The van der Waals surface area contributed by atoms with Gasteiger partial charge in [-0.2, -0.15) is 0 Å². The molecule has 1 heterocycles. The highest BCUT2D eigenvalue weighted by molar-refractivity contribution is 7.90. The molecule has 1 aliphatic heterocycles. The zero-order valence-corrected chi connectivity index (χ0v) is 22.6. The molecule has 2 aromatic carbocycles. The summed E-state index contributed by atoms with van der Waals surface area (Å²) in [4.78, 5) is 18.3. The highest BCUT2D eigenvalue weighted by atomic mass is 32.2. The molecule has 4 rings (SSSR count). The summed E-state index contributed by atoms with van der Waals surface area (Å²) in [5.41, 5.74) is 2.57. The van der Waals surface area contributed by atoms with Crippen LogP contribution in [0.15, 0.2) is 53.4 Å². The van der Waals surface area contributed by atoms with Gasteiger partial charge in [-0.25, -0.2) is 8.42 Å². The number of aliphatic hydroxyl groups excluding tert-OH is 1. The molecule has 0 aromatic heterocycles. The fourth-order valence-electron chi connectivity index (χ4n) is 5.92. The largest absolute Gasteiger partial charge is 0.396 e. The van der Waals surface area contributed by atoms with Crippen LogP contribution in [-0.2, 0) is 21.1 Å². The average Bonchev–Trinajstić information content (AvgIpc) is 2.88. The van der Waals surface area contributed by atoms with Crippen LogP contribution in [0.1, 0.15) is 56.7 Å². The van der Waals surface area contributed by atoms with Crippen molar-refractivity contribution in [1.29, 1.82) is 0 Å². The third kappa shape index (κ3) is 5.94. The molecule has 0 radical (unpaired) electrons. The lowest BCUT2D eigenvalue weighted by molar-refractivity contribution is -0.140. The monoisotopic (exact) mass is 512 g/mol. The van der Waals surface area contributed by atoms with E-state index >= 15 is 0 Å². The van der Waals surface area contributed by atoms with Crippen molar-refractivity contribution in [2.45, 2.75) is 56.9 Å². The normalized spacial score (nSPS) is 23.2. The Morgan fingerprint density at radius 2 is 1.72 bits per heavy atom. The van der Waals surface area contributed by atoms with Crippen molar-refractivity contribution >= 4 is 21.4 Å². The Morgan fingerprint density at radius 3 is 2.33 bits per heavy atom. The molecular weight excluding hydrogens is 472 g/mol. The summed E-state index contributed by atoms with van der Waals surface area (Å²) < 4.78 is 25.0. The summed E-state index contributed by atoms with van der Waals surface area (Å²) in [5, 5.41) is 9.38. The highest BCUT2D eigenvalue weighted by Crippen LogP contribution is 2.37. The Morgan fingerprint density at radius 1 is 1.03 bits per heavy atom. The molecule has 0 bridgehead atoms. The number of hydrogen-bond acceptors (Lipinski definition) is 5. The van der Waals surface area contributed by atoms with Crippen LogP contribution in [0.5, 0.6) is 0 Å². The van der Waals surface area contributed by atoms with Gasteiger partial charge >= 0.3 is 0 Å². The van der Waals surface area contributed by atoms with Crippen molar-refractivity contribution in [3.05, 3.63) is 59.7 Å². The van der Waals surface area contributed by atoms with E-state index in [0.717, 1.165) is 36.9 Å². The number of nitrogens with zero attached hydrogens (tertiary/aromatic N) is 2. The molecule has 1 saturated heterocycles. The molecule has 36 heavy (non-hydrogen) atoms. The van der Waals surface area contributed by atoms with Gasteiger partial charge in [0.05, 0.1) is 10.9 Å². The molecule has 7 heteroatoms. The predicted octanol–water partition coefficient (Wildman–Crippen LogP) is 4.48. The topological polar surface area (TPSA) is 77.9 Å². The molecule has 6 nitrogen and oxygen atoms in total. The van der Waals surface area contributed by atoms with E-state index in [9.17, 15) is 18.3 Å². The van der Waals surface area contributed by atoms with Gasteiger partial charge in [-0.3, -0.25) is 4.79 Å². The lowest BCUT2D eigenvalue weighted by Gasteiger charge is -2.45. The van der Waals surface area contributed by atoms with Crippen LogP contribution >= 0.6 is 0 Å². The third-order valence-electron chi connectivity index (χ3n) is 8.11. The van der Waals surface area contributed by atoms with Crippen LogP contribution in [0.3, 0.4) is 0 Å². The number of sulfone groups is 1. The Kier molecular flexibility index (Phi) is 8.41. The fraction of sp³-hybridized carbons (Fsp3) is 0.552. The molecular formula is C29H40N2O4S. The molecule has 2 fully saturated rings. The second-order valence-corrected chi connectivity index (χ2v) is 12.8. The van der Waals surface area contributed by atoms with Gasteiger partial charge in [0.1, 0.15) is 0 Å². The van der Waals surface area contributed by atoms with Crippen LogP contribution in [0.2, 0.25) is 0 Å². The Balaban J connectivity index is 1.58. The van der Waals surface area contributed by atoms with Gasteiger partial charge in [-0.1, -0.05) is 50.2 Å². The average molecular weight is 513 g/mol. The van der Waals surface area contributed by atoms with Crippen molar-refractivity contribution in [3.8, 4) is 0 Å². The van der Waals surface area contributed by atoms with Crippen molar-refractivity contribution in [2.75, 3.05) is 37.4 Å². The summed E-state index contributed by atoms with van der Waals surface area (Å²) in [5.74, 6) is 1.74. The molecule has 196 valence electrons. The van der Waals surface area contributed by atoms with E-state index in [-0.39, 0.29) is 29.4 Å². The van der Waals surface area contributed by atoms with Crippen molar-refractivity contribution in [2.24, 2.45) is 17.8 Å². The maximum atomic E-state index is 13.8. The zero-order chi connectivity index (χ0) is 25.9. The molecule has 2 aromatic rings. The van der Waals surface area contributed by atoms with Crippen LogP contribution in [0.4, 0.5) is 5.69 Å². The van der Waals surface area contributed by atoms with Crippen LogP contribution in [0, 0.1) is 17.8 Å². The first kappa shape index (κ1) is 26.7. The van der Waals surface area contributed by atoms with E-state index in [1.54, 1.807) is 6.07 Å². The summed E-state index contributed by atoms with van der Waals surface area (Å²) >= 11 is 0. The Bertz CT molecular complexity index is 1140. The van der Waals surface area contributed by atoms with E-state index in [4.69, 9.17) is 0 Å². The molecule has 1 atom stereocenters. The van der Waals surface area contributed by atoms with E-state index in [1.165, 1.54) is 6.26 Å². The second-order valence-electron chi connectivity index (χ2n) is 10.8. The van der Waals surface area contributed by atoms with Crippen LogP contribution in [0.25, 0.3) is 0 Å². The third-order valence-corrected chi connectivity index (χ3v) is 9.29. The van der Waals surface area contributed by atoms with Crippen molar-refractivity contribution in [1.82, 2.24) is 4.90 Å². The quantitative estimate of drug-likeness (QED) is 0.592. The Hall–Kier alpha value is -2.38. The first-order valence-corrected chi connectivity index (χ1v) is 15.1. The number of piperazine rings is 1. The van der Waals surface area contributed by atoms with Crippen LogP contribution in [-0.4, -0.2) is 56.8 Å². The van der Waals surface area contributed by atoms with Crippen molar-refractivity contribution in [3.63, 3.8) is 0 Å². The lowest BCUT2D eigenvalue weighted by atomic mass is 9.76. The van der Waals surface area contributed by atoms with E-state index < -0.39 is 9.84 Å². The second kappa shape index (κ2) is 11.3. The number of hydrogen-bond donors (Lipinski definition) is 1. The minimum Gasteiger partial charge on any atom is -0.396 e. The van der Waals surface area contributed by atoms with Gasteiger partial charge in [0.15, 0.2) is 9.84 Å². The zero-order valence-electron chi connectivity index (χ0n) is 21.8. The van der Waals surface area contributed by atoms with Gasteiger partial charge in [-0.15, -0.1) is 0 Å². The summed E-state index contributed by atoms with van der Waals surface area (Å²) in [7, 11) is -3.43. The number of aliphatic hydroxyl groups is 1. The van der Waals surface area contributed by atoms with Gasteiger partial charge in [0.2, 0.25) is 5.91 Å². The number of amides is 1. The maximum Gasteiger partial charge on any atom is 0.226 e. The van der Waals surface area contributed by atoms with Crippen LogP contribution < -0.4 is 4.90 Å². The van der Waals surface area contributed by atoms with Gasteiger partial charge < -0.3 is 14.9 Å². The number of anilines is 1. The molecule has 1 aliphatic carbocycles. The summed E-state index contributed by atoms with van der Waals surface area (Å²) in [6.07, 6.45) is 5.69. The summed E-state index contributed by atoms with van der Waals surface area (Å²) in [6.45, 7) is 6.33. The lowest BCUT2D eigenvalue weighted by Crippen LogP contribution is -2.52. The molecule has 2 aliphatic rings. The van der Waals surface area contributed by atoms with Gasteiger partial charge in [0, 0.05) is 44.1 Å². The first-order valence-electron chi connectivity index (χ1n) is 13.2. The smallest absolute Gasteiger partial charge is 0.226 e. The summed E-state index contributed by atoms with van der Waals surface area (Å²) in [6, 6.07) is 15.6.